The molecular weight excluding hydrogens is 302 g/mol. The second-order valence-corrected chi connectivity index (χ2v) is 7.47. The lowest BCUT2D eigenvalue weighted by molar-refractivity contribution is -0.119. The molecule has 8 heteroatoms. The Balaban J connectivity index is 2.76. The number of nitrogens with two attached hydrogens (primary N) is 1. The molecule has 1 aromatic heterocycles. The summed E-state index contributed by atoms with van der Waals surface area (Å²) >= 11 is 6.12. The smallest absolute Gasteiger partial charge is 0.155 e. The third-order valence-corrected chi connectivity index (χ3v) is 4.48. The van der Waals surface area contributed by atoms with Gasteiger partial charge < -0.3 is 5.73 Å². The predicted molar refractivity (Wildman–Crippen MR) is 78.7 cm³/mol. The van der Waals surface area contributed by atoms with E-state index in [4.69, 9.17) is 17.3 Å². The number of Topliss-reactive ketones (excluding diaryl/α,β-unsaturated/α-hetero) is 1. The molecule has 0 aliphatic carbocycles. The average Bonchev–Trinajstić information content (AvgIpc) is 2.62. The van der Waals surface area contributed by atoms with Crippen molar-refractivity contribution in [2.75, 3.05) is 12.0 Å². The fourth-order valence-corrected chi connectivity index (χ4v) is 2.72. The second-order valence-electron chi connectivity index (χ2n) is 4.83. The van der Waals surface area contributed by atoms with Gasteiger partial charge in [0.05, 0.1) is 34.6 Å². The summed E-state index contributed by atoms with van der Waals surface area (Å²) in [4.78, 5) is 12.0. The van der Waals surface area contributed by atoms with E-state index < -0.39 is 15.9 Å². The van der Waals surface area contributed by atoms with E-state index >= 15 is 0 Å². The number of carbonyl (C=O) groups excluding carboxylic acids is 1. The first-order chi connectivity index (χ1) is 9.15. The molecule has 0 aliphatic heterocycles. The number of ketones is 1. The van der Waals surface area contributed by atoms with E-state index in [1.54, 1.807) is 11.6 Å². The maximum Gasteiger partial charge on any atom is 0.155 e. The fraction of sp³-hybridized carbons (Fsp3) is 0.667. The van der Waals surface area contributed by atoms with Gasteiger partial charge in [-0.1, -0.05) is 11.6 Å². The van der Waals surface area contributed by atoms with Crippen molar-refractivity contribution < 1.29 is 13.2 Å². The molecular formula is C12H20ClN3O3S. The highest BCUT2D eigenvalue weighted by molar-refractivity contribution is 7.90. The highest BCUT2D eigenvalue weighted by Gasteiger charge is 2.21. The number of rotatable bonds is 7. The largest absolute Gasteiger partial charge is 0.321 e. The molecule has 2 N–H and O–H groups in total. The second kappa shape index (κ2) is 6.69. The van der Waals surface area contributed by atoms with Gasteiger partial charge >= 0.3 is 0 Å². The van der Waals surface area contributed by atoms with E-state index in [1.807, 2.05) is 6.92 Å². The van der Waals surface area contributed by atoms with Gasteiger partial charge in [-0.3, -0.25) is 9.48 Å². The Bertz CT molecular complexity index is 595. The van der Waals surface area contributed by atoms with Gasteiger partial charge in [-0.25, -0.2) is 8.42 Å². The lowest BCUT2D eigenvalue weighted by atomic mass is 10.1. The molecule has 1 aromatic rings. The van der Waals surface area contributed by atoms with Gasteiger partial charge in [0.25, 0.3) is 0 Å². The van der Waals surface area contributed by atoms with Gasteiger partial charge in [-0.05, 0) is 20.3 Å². The molecule has 0 saturated carbocycles. The van der Waals surface area contributed by atoms with Crippen LogP contribution in [0, 0.1) is 6.92 Å². The minimum atomic E-state index is -3.12. The summed E-state index contributed by atoms with van der Waals surface area (Å²) < 4.78 is 23.8. The van der Waals surface area contributed by atoms with Crippen LogP contribution >= 0.6 is 11.6 Å². The first-order valence-corrected chi connectivity index (χ1v) is 8.77. The normalized spacial score (nSPS) is 13.4. The number of sulfone groups is 1. The summed E-state index contributed by atoms with van der Waals surface area (Å²) in [5.74, 6) is -0.329. The van der Waals surface area contributed by atoms with E-state index in [1.165, 1.54) is 0 Å². The van der Waals surface area contributed by atoms with Crippen LogP contribution in [0.1, 0.15) is 24.7 Å². The molecule has 1 rings (SSSR count). The summed E-state index contributed by atoms with van der Waals surface area (Å²) in [5, 5.41) is 4.69. The van der Waals surface area contributed by atoms with Gasteiger partial charge in [0.2, 0.25) is 0 Å². The molecule has 0 radical (unpaired) electrons. The highest BCUT2D eigenvalue weighted by atomic mass is 35.5. The third kappa shape index (κ3) is 4.57. The maximum atomic E-state index is 12.0. The zero-order valence-corrected chi connectivity index (χ0v) is 13.5. The quantitative estimate of drug-likeness (QED) is 0.799. The van der Waals surface area contributed by atoms with Crippen LogP contribution in [-0.2, 0) is 27.6 Å². The van der Waals surface area contributed by atoms with Crippen molar-refractivity contribution in [3.05, 3.63) is 16.4 Å². The van der Waals surface area contributed by atoms with Crippen LogP contribution in [0.4, 0.5) is 0 Å². The van der Waals surface area contributed by atoms with Crippen molar-refractivity contribution in [2.24, 2.45) is 5.73 Å². The van der Waals surface area contributed by atoms with Crippen LogP contribution in [0.2, 0.25) is 5.02 Å². The molecule has 0 amide bonds. The number of aryl methyl sites for hydroxylation is 2. The molecule has 0 fully saturated rings. The van der Waals surface area contributed by atoms with Crippen molar-refractivity contribution in [3.63, 3.8) is 0 Å². The first kappa shape index (κ1) is 17.1. The van der Waals surface area contributed by atoms with Crippen molar-refractivity contribution in [1.29, 1.82) is 0 Å². The SMILES string of the molecule is CCn1nc(C)c(Cl)c1CC(=O)C(N)CCS(C)(=O)=O. The van der Waals surface area contributed by atoms with E-state index in [0.717, 1.165) is 6.26 Å². The number of nitrogens with zero attached hydrogens (tertiary/aromatic N) is 2. The van der Waals surface area contributed by atoms with E-state index in [0.29, 0.717) is 23.0 Å². The summed E-state index contributed by atoms with van der Waals surface area (Å²) in [6.07, 6.45) is 1.31. The standard InChI is InChI=1S/C12H20ClN3O3S/c1-4-16-10(12(13)8(2)15-16)7-11(17)9(14)5-6-20(3,18)19/h9H,4-7,14H2,1-3H3. The highest BCUT2D eigenvalue weighted by Crippen LogP contribution is 2.21. The summed E-state index contributed by atoms with van der Waals surface area (Å²) in [7, 11) is -3.12. The predicted octanol–water partition coefficient (Wildman–Crippen LogP) is 0.738. The molecule has 0 aromatic carbocycles. The van der Waals surface area contributed by atoms with Gasteiger partial charge in [0.15, 0.2) is 5.78 Å². The van der Waals surface area contributed by atoms with Crippen molar-refractivity contribution in [1.82, 2.24) is 9.78 Å². The molecule has 0 aliphatic rings. The molecule has 114 valence electrons. The summed E-state index contributed by atoms with van der Waals surface area (Å²) in [6.45, 7) is 4.28. The van der Waals surface area contributed by atoms with Gasteiger partial charge in [0, 0.05) is 12.8 Å². The van der Waals surface area contributed by atoms with Crippen LogP contribution in [0.3, 0.4) is 0 Å². The third-order valence-electron chi connectivity index (χ3n) is 3.01. The number of hydrogen-bond acceptors (Lipinski definition) is 5. The van der Waals surface area contributed by atoms with Crippen LogP contribution in [0.5, 0.6) is 0 Å². The van der Waals surface area contributed by atoms with Crippen molar-refractivity contribution in [2.45, 2.75) is 39.3 Å². The first-order valence-electron chi connectivity index (χ1n) is 6.33. The maximum absolute atomic E-state index is 12.0. The summed E-state index contributed by atoms with van der Waals surface area (Å²) in [6, 6.07) is -0.804. The zero-order valence-electron chi connectivity index (χ0n) is 11.9. The lowest BCUT2D eigenvalue weighted by Gasteiger charge is -2.11. The molecule has 0 bridgehead atoms. The fourth-order valence-electron chi connectivity index (χ4n) is 1.84. The lowest BCUT2D eigenvalue weighted by Crippen LogP contribution is -2.34. The zero-order chi connectivity index (χ0) is 15.5. The minimum absolute atomic E-state index is 0.0679. The van der Waals surface area contributed by atoms with Crippen LogP contribution in [0.25, 0.3) is 0 Å². The molecule has 1 heterocycles. The monoisotopic (exact) mass is 321 g/mol. The summed E-state index contributed by atoms with van der Waals surface area (Å²) in [5.41, 5.74) is 7.03. The van der Waals surface area contributed by atoms with E-state index in [2.05, 4.69) is 5.10 Å². The minimum Gasteiger partial charge on any atom is -0.321 e. The van der Waals surface area contributed by atoms with Crippen molar-refractivity contribution >= 4 is 27.2 Å². The van der Waals surface area contributed by atoms with Crippen molar-refractivity contribution in [3.8, 4) is 0 Å². The number of halogens is 1. The average molecular weight is 322 g/mol. The van der Waals surface area contributed by atoms with Crippen LogP contribution in [0.15, 0.2) is 0 Å². The number of carbonyl (C=O) groups is 1. The number of aromatic nitrogens is 2. The Kier molecular flexibility index (Phi) is 5.73. The van der Waals surface area contributed by atoms with Crippen LogP contribution in [-0.4, -0.2) is 42.0 Å². The van der Waals surface area contributed by atoms with Gasteiger partial charge in [-0.15, -0.1) is 0 Å². The molecule has 1 unspecified atom stereocenters. The topological polar surface area (TPSA) is 95.0 Å². The molecule has 1 atom stereocenters. The number of hydrogen-bond donors (Lipinski definition) is 1. The Labute approximate surface area is 124 Å². The Morgan fingerprint density at radius 2 is 2.10 bits per heavy atom. The van der Waals surface area contributed by atoms with Gasteiger partial charge in [-0.2, -0.15) is 5.10 Å². The van der Waals surface area contributed by atoms with Gasteiger partial charge in [0.1, 0.15) is 9.84 Å². The Morgan fingerprint density at radius 3 is 2.60 bits per heavy atom. The molecule has 6 nitrogen and oxygen atoms in total. The van der Waals surface area contributed by atoms with E-state index in [9.17, 15) is 13.2 Å². The van der Waals surface area contributed by atoms with E-state index in [-0.39, 0.29) is 24.4 Å². The van der Waals surface area contributed by atoms with Crippen LogP contribution < -0.4 is 5.73 Å². The molecule has 0 saturated heterocycles. The molecule has 20 heavy (non-hydrogen) atoms. The molecule has 0 spiro atoms. The Hall–Kier alpha value is -0.920. The Morgan fingerprint density at radius 1 is 1.50 bits per heavy atom.